The van der Waals surface area contributed by atoms with E-state index in [1.54, 1.807) is 6.20 Å². The van der Waals surface area contributed by atoms with Crippen LogP contribution in [0, 0.1) is 0 Å². The van der Waals surface area contributed by atoms with Crippen molar-refractivity contribution in [1.82, 2.24) is 15.2 Å². The highest BCUT2D eigenvalue weighted by atomic mass is 16.5. The van der Waals surface area contributed by atoms with E-state index in [-0.39, 0.29) is 6.04 Å². The fraction of sp³-hybridized carbons (Fsp3) is 0.667. The molecule has 108 valence electrons. The second-order valence-electron chi connectivity index (χ2n) is 4.55. The molecule has 0 fully saturated rings. The highest BCUT2D eigenvalue weighted by molar-refractivity contribution is 5.28. The van der Waals surface area contributed by atoms with Crippen LogP contribution in [0.2, 0.25) is 0 Å². The molecule has 1 aromatic rings. The van der Waals surface area contributed by atoms with Gasteiger partial charge in [-0.2, -0.15) is 0 Å². The summed E-state index contributed by atoms with van der Waals surface area (Å²) in [5, 5.41) is 3.39. The molecule has 1 atom stereocenters. The molecule has 4 heteroatoms. The van der Waals surface area contributed by atoms with E-state index in [0.717, 1.165) is 37.6 Å². The molecule has 1 rings (SSSR count). The molecular weight excluding hydrogens is 238 g/mol. The van der Waals surface area contributed by atoms with Crippen LogP contribution >= 0.6 is 0 Å². The predicted molar refractivity (Wildman–Crippen MR) is 79.6 cm³/mol. The van der Waals surface area contributed by atoms with Crippen molar-refractivity contribution in [3.8, 4) is 5.88 Å². The summed E-state index contributed by atoms with van der Waals surface area (Å²) < 4.78 is 5.85. The van der Waals surface area contributed by atoms with Crippen LogP contribution in [0.15, 0.2) is 18.3 Å². The topological polar surface area (TPSA) is 37.4 Å². The van der Waals surface area contributed by atoms with Crippen LogP contribution in [0.1, 0.15) is 39.3 Å². The van der Waals surface area contributed by atoms with Crippen LogP contribution in [-0.4, -0.2) is 42.7 Å². The molecule has 0 aliphatic rings. The zero-order valence-electron chi connectivity index (χ0n) is 12.6. The average molecular weight is 265 g/mol. The third kappa shape index (κ3) is 5.17. The smallest absolute Gasteiger partial charge is 0.218 e. The van der Waals surface area contributed by atoms with Gasteiger partial charge < -0.3 is 15.0 Å². The molecule has 1 unspecified atom stereocenters. The summed E-state index contributed by atoms with van der Waals surface area (Å²) in [6.45, 7) is 13.3. The maximum atomic E-state index is 5.85. The summed E-state index contributed by atoms with van der Waals surface area (Å²) in [6.07, 6.45) is 1.79. The lowest BCUT2D eigenvalue weighted by molar-refractivity contribution is 0.215. The summed E-state index contributed by atoms with van der Waals surface area (Å²) in [5.41, 5.74) is 1.13. The minimum absolute atomic E-state index is 0.266. The summed E-state index contributed by atoms with van der Waals surface area (Å²) in [5.74, 6) is 0.753. The molecule has 4 nitrogen and oxygen atoms in total. The number of aromatic nitrogens is 1. The maximum absolute atomic E-state index is 5.85. The Bertz CT molecular complexity index is 353. The quantitative estimate of drug-likeness (QED) is 0.744. The van der Waals surface area contributed by atoms with Gasteiger partial charge in [-0.1, -0.05) is 26.8 Å². The molecule has 1 aromatic heterocycles. The van der Waals surface area contributed by atoms with E-state index in [1.165, 1.54) is 0 Å². The van der Waals surface area contributed by atoms with Crippen molar-refractivity contribution >= 4 is 0 Å². The fourth-order valence-electron chi connectivity index (χ4n) is 2.08. The van der Waals surface area contributed by atoms with Crippen LogP contribution in [0.25, 0.3) is 0 Å². The minimum atomic E-state index is 0.266. The Kier molecular flexibility index (Phi) is 7.45. The first kappa shape index (κ1) is 15.9. The zero-order chi connectivity index (χ0) is 14.1. The molecular formula is C15H27N3O. The number of ether oxygens (including phenoxy) is 1. The molecule has 0 aromatic carbocycles. The van der Waals surface area contributed by atoms with Crippen molar-refractivity contribution in [2.45, 2.75) is 33.7 Å². The van der Waals surface area contributed by atoms with Gasteiger partial charge in [0.1, 0.15) is 6.61 Å². The zero-order valence-corrected chi connectivity index (χ0v) is 12.6. The SMILES string of the molecule is CCNC(C)c1cccnc1OCCN(CC)CC. The molecule has 1 N–H and O–H groups in total. The Morgan fingerprint density at radius 2 is 2.05 bits per heavy atom. The van der Waals surface area contributed by atoms with E-state index in [2.05, 4.69) is 49.0 Å². The lowest BCUT2D eigenvalue weighted by atomic mass is 10.1. The van der Waals surface area contributed by atoms with Crippen LogP contribution in [0.3, 0.4) is 0 Å². The lowest BCUT2D eigenvalue weighted by Crippen LogP contribution is -2.28. The maximum Gasteiger partial charge on any atom is 0.218 e. The van der Waals surface area contributed by atoms with Gasteiger partial charge in [-0.3, -0.25) is 0 Å². The molecule has 0 spiro atoms. The van der Waals surface area contributed by atoms with Gasteiger partial charge in [-0.15, -0.1) is 0 Å². The van der Waals surface area contributed by atoms with Gasteiger partial charge in [0.15, 0.2) is 0 Å². The molecule has 0 aliphatic carbocycles. The summed E-state index contributed by atoms with van der Waals surface area (Å²) in [4.78, 5) is 6.69. The molecule has 0 saturated heterocycles. The van der Waals surface area contributed by atoms with E-state index in [9.17, 15) is 0 Å². The van der Waals surface area contributed by atoms with Gasteiger partial charge in [0.05, 0.1) is 0 Å². The molecule has 0 radical (unpaired) electrons. The molecule has 19 heavy (non-hydrogen) atoms. The van der Waals surface area contributed by atoms with Gasteiger partial charge in [-0.25, -0.2) is 4.98 Å². The van der Waals surface area contributed by atoms with Gasteiger partial charge in [0.2, 0.25) is 5.88 Å². The number of likely N-dealkylation sites (N-methyl/N-ethyl adjacent to an activating group) is 1. The Labute approximate surface area is 117 Å². The fourth-order valence-corrected chi connectivity index (χ4v) is 2.08. The van der Waals surface area contributed by atoms with Crippen LogP contribution < -0.4 is 10.1 Å². The number of nitrogens with zero attached hydrogens (tertiary/aromatic N) is 2. The highest BCUT2D eigenvalue weighted by Crippen LogP contribution is 2.21. The van der Waals surface area contributed by atoms with Gasteiger partial charge in [0.25, 0.3) is 0 Å². The average Bonchev–Trinajstić information content (AvgIpc) is 2.44. The molecule has 1 heterocycles. The number of rotatable bonds is 9. The van der Waals surface area contributed by atoms with E-state index < -0.39 is 0 Å². The van der Waals surface area contributed by atoms with E-state index in [1.807, 2.05) is 6.07 Å². The Morgan fingerprint density at radius 3 is 2.68 bits per heavy atom. The Hall–Kier alpha value is -1.13. The van der Waals surface area contributed by atoms with Gasteiger partial charge in [-0.05, 0) is 32.6 Å². The Morgan fingerprint density at radius 1 is 1.32 bits per heavy atom. The monoisotopic (exact) mass is 265 g/mol. The molecule has 0 bridgehead atoms. The van der Waals surface area contributed by atoms with E-state index in [0.29, 0.717) is 6.61 Å². The number of nitrogens with one attached hydrogen (secondary N) is 1. The highest BCUT2D eigenvalue weighted by Gasteiger charge is 2.11. The second kappa shape index (κ2) is 8.88. The van der Waals surface area contributed by atoms with Crippen molar-refractivity contribution in [2.24, 2.45) is 0 Å². The summed E-state index contributed by atoms with van der Waals surface area (Å²) >= 11 is 0. The van der Waals surface area contributed by atoms with Crippen molar-refractivity contribution in [2.75, 3.05) is 32.8 Å². The van der Waals surface area contributed by atoms with Crippen LogP contribution in [0.4, 0.5) is 0 Å². The van der Waals surface area contributed by atoms with Crippen LogP contribution in [0.5, 0.6) is 5.88 Å². The number of hydrogen-bond acceptors (Lipinski definition) is 4. The lowest BCUT2D eigenvalue weighted by Gasteiger charge is -2.20. The van der Waals surface area contributed by atoms with Gasteiger partial charge >= 0.3 is 0 Å². The van der Waals surface area contributed by atoms with Crippen molar-refractivity contribution in [3.63, 3.8) is 0 Å². The van der Waals surface area contributed by atoms with E-state index in [4.69, 9.17) is 4.74 Å². The normalized spacial score (nSPS) is 12.7. The van der Waals surface area contributed by atoms with Crippen molar-refractivity contribution in [1.29, 1.82) is 0 Å². The predicted octanol–water partition coefficient (Wildman–Crippen LogP) is 2.47. The van der Waals surface area contributed by atoms with Crippen molar-refractivity contribution in [3.05, 3.63) is 23.9 Å². The number of hydrogen-bond donors (Lipinski definition) is 1. The largest absolute Gasteiger partial charge is 0.476 e. The first-order valence-corrected chi connectivity index (χ1v) is 7.26. The molecule has 0 saturated carbocycles. The summed E-state index contributed by atoms with van der Waals surface area (Å²) in [6, 6.07) is 4.30. The summed E-state index contributed by atoms with van der Waals surface area (Å²) in [7, 11) is 0. The first-order chi connectivity index (χ1) is 9.22. The van der Waals surface area contributed by atoms with Crippen molar-refractivity contribution < 1.29 is 4.74 Å². The standard InChI is InChI=1S/C15H27N3O/c1-5-16-13(4)14-9-8-10-17-15(14)19-12-11-18(6-2)7-3/h8-10,13,16H,5-7,11-12H2,1-4H3. The van der Waals surface area contributed by atoms with E-state index >= 15 is 0 Å². The third-order valence-corrected chi connectivity index (χ3v) is 3.32. The van der Waals surface area contributed by atoms with Gasteiger partial charge in [0, 0.05) is 24.3 Å². The second-order valence-corrected chi connectivity index (χ2v) is 4.55. The number of pyridine rings is 1. The third-order valence-electron chi connectivity index (χ3n) is 3.32. The van der Waals surface area contributed by atoms with Crippen LogP contribution in [-0.2, 0) is 0 Å². The Balaban J connectivity index is 2.57. The first-order valence-electron chi connectivity index (χ1n) is 7.26. The molecule has 0 aliphatic heterocycles. The minimum Gasteiger partial charge on any atom is -0.476 e. The molecule has 0 amide bonds.